The topological polar surface area (TPSA) is 64.6 Å². The molecule has 1 aromatic carbocycles. The molecule has 128 valence electrons. The van der Waals surface area contributed by atoms with Crippen LogP contribution >= 0.6 is 0 Å². The van der Waals surface area contributed by atoms with E-state index in [1.165, 1.54) is 7.11 Å². The van der Waals surface area contributed by atoms with Crippen LogP contribution in [-0.4, -0.2) is 30.8 Å². The van der Waals surface area contributed by atoms with Gasteiger partial charge in [-0.2, -0.15) is 0 Å². The van der Waals surface area contributed by atoms with Crippen molar-refractivity contribution in [2.45, 2.75) is 52.2 Å². The second-order valence-electron chi connectivity index (χ2n) is 6.59. The van der Waals surface area contributed by atoms with Crippen molar-refractivity contribution in [2.75, 3.05) is 7.11 Å². The highest BCUT2D eigenvalue weighted by Crippen LogP contribution is 2.15. The first-order chi connectivity index (χ1) is 10.7. The number of carbonyl (C=O) groups is 2. The number of methoxy groups -OCH3 is 1. The molecule has 0 fully saturated rings. The molecule has 0 bridgehead atoms. The maximum absolute atomic E-state index is 12.0. The maximum atomic E-state index is 12.0. The average molecular weight is 321 g/mol. The van der Waals surface area contributed by atoms with Crippen LogP contribution in [0.5, 0.6) is 0 Å². The summed E-state index contributed by atoms with van der Waals surface area (Å²) >= 11 is 0. The zero-order chi connectivity index (χ0) is 17.5. The second kappa shape index (κ2) is 8.56. The molecular weight excluding hydrogens is 294 g/mol. The predicted molar refractivity (Wildman–Crippen MR) is 89.1 cm³/mol. The quantitative estimate of drug-likeness (QED) is 0.816. The summed E-state index contributed by atoms with van der Waals surface area (Å²) < 4.78 is 10.1. The minimum atomic E-state index is -0.581. The molecule has 5 nitrogen and oxygen atoms in total. The van der Waals surface area contributed by atoms with Gasteiger partial charge in [0.1, 0.15) is 5.60 Å². The number of alkyl carbamates (subject to hydrolysis) is 1. The van der Waals surface area contributed by atoms with Crippen LogP contribution in [0.4, 0.5) is 4.79 Å². The summed E-state index contributed by atoms with van der Waals surface area (Å²) in [6, 6.07) is 9.58. The maximum Gasteiger partial charge on any atom is 0.407 e. The van der Waals surface area contributed by atoms with E-state index in [1.54, 1.807) is 27.7 Å². The molecular formula is C18H27NO4. The number of ether oxygens (including phenoxy) is 2. The average Bonchev–Trinajstić information content (AvgIpc) is 2.49. The van der Waals surface area contributed by atoms with E-state index in [-0.39, 0.29) is 12.0 Å². The number of esters is 1. The number of aryl methyl sites for hydroxylation is 1. The van der Waals surface area contributed by atoms with Gasteiger partial charge in [-0.1, -0.05) is 30.3 Å². The SMILES string of the molecule is COC(=O)[C@@H](C)[C@H](CCc1ccccc1)NC(=O)OC(C)(C)C. The Labute approximate surface area is 138 Å². The summed E-state index contributed by atoms with van der Waals surface area (Å²) in [5, 5.41) is 2.80. The van der Waals surface area contributed by atoms with Crippen LogP contribution in [0.1, 0.15) is 39.7 Å². The number of carbonyl (C=O) groups excluding carboxylic acids is 2. The van der Waals surface area contributed by atoms with Gasteiger partial charge in [-0.3, -0.25) is 4.79 Å². The third-order valence-corrected chi connectivity index (χ3v) is 3.47. The molecule has 0 radical (unpaired) electrons. The number of rotatable bonds is 6. The van der Waals surface area contributed by atoms with Crippen LogP contribution in [0.25, 0.3) is 0 Å². The molecule has 0 unspecified atom stereocenters. The van der Waals surface area contributed by atoms with Gasteiger partial charge in [0.15, 0.2) is 0 Å². The van der Waals surface area contributed by atoms with E-state index in [0.717, 1.165) is 12.0 Å². The molecule has 1 aromatic rings. The normalized spacial score (nSPS) is 13.8. The highest BCUT2D eigenvalue weighted by atomic mass is 16.6. The van der Waals surface area contributed by atoms with Crippen molar-refractivity contribution in [1.29, 1.82) is 0 Å². The zero-order valence-corrected chi connectivity index (χ0v) is 14.6. The van der Waals surface area contributed by atoms with Crippen molar-refractivity contribution < 1.29 is 19.1 Å². The van der Waals surface area contributed by atoms with Gasteiger partial charge in [0.25, 0.3) is 0 Å². The summed E-state index contributed by atoms with van der Waals surface area (Å²) in [7, 11) is 1.35. The summed E-state index contributed by atoms with van der Waals surface area (Å²) in [5.41, 5.74) is 0.573. The summed E-state index contributed by atoms with van der Waals surface area (Å²) in [6.45, 7) is 7.15. The van der Waals surface area contributed by atoms with Gasteiger partial charge < -0.3 is 14.8 Å². The molecule has 0 spiro atoms. The first-order valence-electron chi connectivity index (χ1n) is 7.84. The summed E-state index contributed by atoms with van der Waals surface area (Å²) in [6.07, 6.45) is 0.855. The zero-order valence-electron chi connectivity index (χ0n) is 14.6. The fraction of sp³-hybridized carbons (Fsp3) is 0.556. The molecule has 23 heavy (non-hydrogen) atoms. The van der Waals surface area contributed by atoms with Crippen molar-refractivity contribution in [3.05, 3.63) is 35.9 Å². The largest absolute Gasteiger partial charge is 0.469 e. The van der Waals surface area contributed by atoms with Crippen molar-refractivity contribution in [1.82, 2.24) is 5.32 Å². The van der Waals surface area contributed by atoms with E-state index in [4.69, 9.17) is 9.47 Å². The van der Waals surface area contributed by atoms with Gasteiger partial charge in [-0.05, 0) is 46.1 Å². The Morgan fingerprint density at radius 3 is 2.30 bits per heavy atom. The Balaban J connectivity index is 2.72. The Morgan fingerprint density at radius 2 is 1.78 bits per heavy atom. The van der Waals surface area contributed by atoms with E-state index in [1.807, 2.05) is 30.3 Å². The molecule has 2 atom stereocenters. The second-order valence-corrected chi connectivity index (χ2v) is 6.59. The van der Waals surface area contributed by atoms with E-state index in [9.17, 15) is 9.59 Å². The van der Waals surface area contributed by atoms with Gasteiger partial charge in [-0.25, -0.2) is 4.79 Å². The van der Waals surface area contributed by atoms with Crippen LogP contribution in [-0.2, 0) is 20.7 Å². The van der Waals surface area contributed by atoms with Gasteiger partial charge in [0, 0.05) is 6.04 Å². The monoisotopic (exact) mass is 321 g/mol. The third kappa shape index (κ3) is 7.17. The number of amides is 1. The van der Waals surface area contributed by atoms with Crippen molar-refractivity contribution in [2.24, 2.45) is 5.92 Å². The fourth-order valence-electron chi connectivity index (χ4n) is 2.22. The first-order valence-corrected chi connectivity index (χ1v) is 7.84. The van der Waals surface area contributed by atoms with E-state index < -0.39 is 17.6 Å². The number of benzene rings is 1. The minimum absolute atomic E-state index is 0.348. The lowest BCUT2D eigenvalue weighted by Gasteiger charge is -2.26. The molecule has 0 aromatic heterocycles. The van der Waals surface area contributed by atoms with Gasteiger partial charge >= 0.3 is 12.1 Å². The van der Waals surface area contributed by atoms with Gasteiger partial charge in [-0.15, -0.1) is 0 Å². The Morgan fingerprint density at radius 1 is 1.17 bits per heavy atom. The fourth-order valence-corrected chi connectivity index (χ4v) is 2.22. The molecule has 0 aliphatic rings. The van der Waals surface area contributed by atoms with Gasteiger partial charge in [0.2, 0.25) is 0 Å². The molecule has 1 N–H and O–H groups in total. The van der Waals surface area contributed by atoms with Crippen molar-refractivity contribution in [3.63, 3.8) is 0 Å². The summed E-state index contributed by atoms with van der Waals surface area (Å²) in [5.74, 6) is -0.796. The Bertz CT molecular complexity index is 508. The lowest BCUT2D eigenvalue weighted by molar-refractivity contribution is -0.145. The predicted octanol–water partition coefficient (Wildman–Crippen LogP) is 3.32. The molecule has 0 heterocycles. The van der Waals surface area contributed by atoms with Crippen LogP contribution in [0.3, 0.4) is 0 Å². The molecule has 0 aliphatic carbocycles. The Kier molecular flexibility index (Phi) is 7.07. The molecule has 0 aliphatic heterocycles. The van der Waals surface area contributed by atoms with E-state index in [0.29, 0.717) is 6.42 Å². The standard InChI is InChI=1S/C18H27NO4/c1-13(16(20)22-5)15(19-17(21)23-18(2,3)4)12-11-14-9-7-6-8-10-14/h6-10,13,15H,11-12H2,1-5H3,(H,19,21)/t13-,15-/m0/s1. The number of nitrogens with one attached hydrogen (secondary N) is 1. The molecule has 0 saturated heterocycles. The third-order valence-electron chi connectivity index (χ3n) is 3.47. The molecule has 1 amide bonds. The van der Waals surface area contributed by atoms with Gasteiger partial charge in [0.05, 0.1) is 13.0 Å². The highest BCUT2D eigenvalue weighted by molar-refractivity contribution is 5.74. The molecule has 0 saturated carbocycles. The summed E-state index contributed by atoms with van der Waals surface area (Å²) in [4.78, 5) is 23.8. The van der Waals surface area contributed by atoms with Crippen LogP contribution in [0.15, 0.2) is 30.3 Å². The van der Waals surface area contributed by atoms with E-state index >= 15 is 0 Å². The highest BCUT2D eigenvalue weighted by Gasteiger charge is 2.28. The lowest BCUT2D eigenvalue weighted by Crippen LogP contribution is -2.45. The van der Waals surface area contributed by atoms with Crippen LogP contribution in [0.2, 0.25) is 0 Å². The minimum Gasteiger partial charge on any atom is -0.469 e. The number of hydrogen-bond donors (Lipinski definition) is 1. The van der Waals surface area contributed by atoms with Crippen LogP contribution < -0.4 is 5.32 Å². The van der Waals surface area contributed by atoms with Crippen molar-refractivity contribution >= 4 is 12.1 Å². The van der Waals surface area contributed by atoms with Crippen LogP contribution in [0, 0.1) is 5.92 Å². The molecule has 1 rings (SSSR count). The smallest absolute Gasteiger partial charge is 0.407 e. The first kappa shape index (κ1) is 19.0. The van der Waals surface area contributed by atoms with Crippen molar-refractivity contribution in [3.8, 4) is 0 Å². The van der Waals surface area contributed by atoms with E-state index in [2.05, 4.69) is 5.32 Å². The Hall–Kier alpha value is -2.04. The lowest BCUT2D eigenvalue weighted by atomic mass is 9.95. The number of hydrogen-bond acceptors (Lipinski definition) is 4. The molecule has 5 heteroatoms.